The van der Waals surface area contributed by atoms with E-state index in [0.29, 0.717) is 11.0 Å². The van der Waals surface area contributed by atoms with E-state index < -0.39 is 18.3 Å². The van der Waals surface area contributed by atoms with Crippen LogP contribution in [0.5, 0.6) is 0 Å². The Kier molecular flexibility index (Phi) is 3.99. The molecule has 154 valence electrons. The molecule has 0 saturated carbocycles. The Morgan fingerprint density at radius 3 is 2.06 bits per heavy atom. The zero-order valence-electron chi connectivity index (χ0n) is 21.3. The summed E-state index contributed by atoms with van der Waals surface area (Å²) in [4.78, 5) is 0. The molecule has 0 bridgehead atoms. The molecular formula is C28H27BO2. The van der Waals surface area contributed by atoms with Crippen LogP contribution in [0, 0.1) is 0 Å². The third-order valence-corrected chi connectivity index (χ3v) is 6.47. The summed E-state index contributed by atoms with van der Waals surface area (Å²) in [5, 5.41) is 2.37. The number of rotatable bonds is 3. The lowest BCUT2D eigenvalue weighted by atomic mass is 9.78. The van der Waals surface area contributed by atoms with Gasteiger partial charge in [-0.15, -0.1) is 0 Å². The number of fused-ring (bicyclic) bond motifs is 1. The van der Waals surface area contributed by atoms with E-state index in [0.717, 1.165) is 16.7 Å². The largest absolute Gasteiger partial charge is 0.494 e. The Labute approximate surface area is 189 Å². The lowest BCUT2D eigenvalue weighted by Crippen LogP contribution is -2.41. The SMILES string of the molecule is [2H]c1cc([2H])c(-c2ccc(-c3cccc4ccccc34)cc2)c([2H])c1B1OC(C)(C)C(C)(C)O1. The van der Waals surface area contributed by atoms with Crippen molar-refractivity contribution >= 4 is 23.4 Å². The minimum absolute atomic E-state index is 0.0876. The van der Waals surface area contributed by atoms with E-state index in [-0.39, 0.29) is 18.1 Å². The first kappa shape index (κ1) is 16.8. The number of hydrogen-bond donors (Lipinski definition) is 0. The molecule has 1 aliphatic heterocycles. The highest BCUT2D eigenvalue weighted by molar-refractivity contribution is 6.62. The third-order valence-electron chi connectivity index (χ3n) is 6.47. The van der Waals surface area contributed by atoms with E-state index in [4.69, 9.17) is 13.4 Å². The monoisotopic (exact) mass is 409 g/mol. The van der Waals surface area contributed by atoms with Gasteiger partial charge in [-0.2, -0.15) is 0 Å². The molecule has 2 nitrogen and oxygen atoms in total. The topological polar surface area (TPSA) is 18.5 Å². The quantitative estimate of drug-likeness (QED) is 0.361. The first-order chi connectivity index (χ1) is 16.1. The predicted octanol–water partition coefficient (Wildman–Crippen LogP) is 6.47. The first-order valence-electron chi connectivity index (χ1n) is 12.1. The second-order valence-corrected chi connectivity index (χ2v) is 9.04. The van der Waals surface area contributed by atoms with Crippen LogP contribution in [0.4, 0.5) is 0 Å². The molecule has 0 radical (unpaired) electrons. The van der Waals surface area contributed by atoms with Gasteiger partial charge < -0.3 is 9.31 Å². The van der Waals surface area contributed by atoms with E-state index >= 15 is 0 Å². The minimum Gasteiger partial charge on any atom is -0.399 e. The van der Waals surface area contributed by atoms with Gasteiger partial charge in [0.15, 0.2) is 0 Å². The van der Waals surface area contributed by atoms with Crippen LogP contribution in [-0.4, -0.2) is 18.3 Å². The molecule has 4 aromatic rings. The highest BCUT2D eigenvalue weighted by atomic mass is 16.7. The van der Waals surface area contributed by atoms with Crippen LogP contribution in [0.15, 0.2) is 90.9 Å². The summed E-state index contributed by atoms with van der Waals surface area (Å²) in [6.07, 6.45) is 0. The molecule has 31 heavy (non-hydrogen) atoms. The molecular weight excluding hydrogens is 379 g/mol. The minimum atomic E-state index is -0.820. The Balaban J connectivity index is 1.57. The molecule has 1 fully saturated rings. The highest BCUT2D eigenvalue weighted by Crippen LogP contribution is 2.37. The lowest BCUT2D eigenvalue weighted by Gasteiger charge is -2.32. The fourth-order valence-electron chi connectivity index (χ4n) is 3.93. The molecule has 0 amide bonds. The molecule has 3 heteroatoms. The Morgan fingerprint density at radius 1 is 0.677 bits per heavy atom. The van der Waals surface area contributed by atoms with Crippen LogP contribution in [0.3, 0.4) is 0 Å². The van der Waals surface area contributed by atoms with Crippen LogP contribution in [0.1, 0.15) is 31.8 Å². The van der Waals surface area contributed by atoms with Crippen molar-refractivity contribution in [3.63, 3.8) is 0 Å². The fourth-order valence-corrected chi connectivity index (χ4v) is 3.93. The normalized spacial score (nSPS) is 18.6. The standard InChI is InChI=1S/C28H27BO2/c1-27(2)28(3,4)31-29(30-27)24-12-7-11-23(19-24)20-15-17-22(18-16-20)26-14-8-10-21-9-5-6-13-25(21)26/h5-19H,1-4H3/i11D,12D,19D. The van der Waals surface area contributed by atoms with Crippen molar-refractivity contribution in [3.05, 3.63) is 90.9 Å². The van der Waals surface area contributed by atoms with E-state index in [1.807, 2.05) is 64.1 Å². The molecule has 4 aromatic carbocycles. The molecule has 1 saturated heterocycles. The average Bonchev–Trinajstić information content (AvgIpc) is 3.00. The summed E-state index contributed by atoms with van der Waals surface area (Å²) in [7, 11) is -0.820. The van der Waals surface area contributed by atoms with Gasteiger partial charge in [0.1, 0.15) is 0 Å². The van der Waals surface area contributed by atoms with Crippen molar-refractivity contribution in [2.75, 3.05) is 0 Å². The average molecular weight is 409 g/mol. The van der Waals surface area contributed by atoms with Gasteiger partial charge in [-0.05, 0) is 66.2 Å². The molecule has 0 spiro atoms. The maximum Gasteiger partial charge on any atom is 0.494 e. The zero-order chi connectivity index (χ0) is 24.3. The molecule has 0 unspecified atom stereocenters. The summed E-state index contributed by atoms with van der Waals surface area (Å²) >= 11 is 0. The highest BCUT2D eigenvalue weighted by Gasteiger charge is 2.51. The van der Waals surface area contributed by atoms with Gasteiger partial charge in [0.05, 0.1) is 15.3 Å². The van der Waals surface area contributed by atoms with E-state index in [1.54, 1.807) is 0 Å². The first-order valence-corrected chi connectivity index (χ1v) is 10.6. The summed E-state index contributed by atoms with van der Waals surface area (Å²) in [6.45, 7) is 7.80. The molecule has 0 aromatic heterocycles. The Morgan fingerprint density at radius 2 is 1.32 bits per heavy atom. The maximum atomic E-state index is 8.91. The molecule has 1 aliphatic rings. The number of benzene rings is 4. The number of hydrogen-bond acceptors (Lipinski definition) is 2. The van der Waals surface area contributed by atoms with E-state index in [1.165, 1.54) is 16.8 Å². The second kappa shape index (κ2) is 7.37. The summed E-state index contributed by atoms with van der Waals surface area (Å²) in [6, 6.07) is 24.3. The Bertz CT molecular complexity index is 1380. The van der Waals surface area contributed by atoms with Gasteiger partial charge in [0.25, 0.3) is 0 Å². The van der Waals surface area contributed by atoms with Crippen molar-refractivity contribution < 1.29 is 13.4 Å². The van der Waals surface area contributed by atoms with Gasteiger partial charge in [0.2, 0.25) is 0 Å². The van der Waals surface area contributed by atoms with Gasteiger partial charge in [-0.3, -0.25) is 0 Å². The zero-order valence-corrected chi connectivity index (χ0v) is 18.3. The van der Waals surface area contributed by atoms with Gasteiger partial charge in [0, 0.05) is 0 Å². The van der Waals surface area contributed by atoms with E-state index in [2.05, 4.69) is 30.3 Å². The van der Waals surface area contributed by atoms with E-state index in [9.17, 15) is 0 Å². The Hall–Kier alpha value is -2.88. The lowest BCUT2D eigenvalue weighted by molar-refractivity contribution is 0.00578. The van der Waals surface area contributed by atoms with Gasteiger partial charge in [-0.1, -0.05) is 90.9 Å². The molecule has 5 rings (SSSR count). The van der Waals surface area contributed by atoms with Crippen molar-refractivity contribution in [2.24, 2.45) is 0 Å². The molecule has 0 aliphatic carbocycles. The summed E-state index contributed by atoms with van der Waals surface area (Å²) in [5.41, 5.74) is 2.67. The van der Waals surface area contributed by atoms with Crippen LogP contribution >= 0.6 is 0 Å². The van der Waals surface area contributed by atoms with Crippen LogP contribution in [0.2, 0.25) is 0 Å². The smallest absolute Gasteiger partial charge is 0.399 e. The molecule has 0 N–H and O–H groups in total. The third kappa shape index (κ3) is 3.58. The van der Waals surface area contributed by atoms with Crippen LogP contribution < -0.4 is 5.46 Å². The summed E-state index contributed by atoms with van der Waals surface area (Å²) in [5.74, 6) is 0. The molecule has 1 heterocycles. The van der Waals surface area contributed by atoms with Crippen molar-refractivity contribution in [1.29, 1.82) is 0 Å². The molecule has 0 atom stereocenters. The van der Waals surface area contributed by atoms with Crippen molar-refractivity contribution in [2.45, 2.75) is 38.9 Å². The predicted molar refractivity (Wildman–Crippen MR) is 131 cm³/mol. The van der Waals surface area contributed by atoms with Crippen molar-refractivity contribution in [3.8, 4) is 22.3 Å². The second-order valence-electron chi connectivity index (χ2n) is 9.04. The van der Waals surface area contributed by atoms with Crippen LogP contribution in [0.25, 0.3) is 33.0 Å². The summed E-state index contributed by atoms with van der Waals surface area (Å²) < 4.78 is 38.2. The van der Waals surface area contributed by atoms with Crippen LogP contribution in [-0.2, 0) is 9.31 Å². The van der Waals surface area contributed by atoms with Crippen molar-refractivity contribution in [1.82, 2.24) is 0 Å². The fraction of sp³-hybridized carbons (Fsp3) is 0.214. The van der Waals surface area contributed by atoms with Gasteiger partial charge >= 0.3 is 7.12 Å². The maximum absolute atomic E-state index is 8.91. The van der Waals surface area contributed by atoms with Gasteiger partial charge in [-0.25, -0.2) is 0 Å².